The van der Waals surface area contributed by atoms with Gasteiger partial charge in [-0.05, 0) is 70.6 Å². The van der Waals surface area contributed by atoms with Gasteiger partial charge in [0.05, 0.1) is 34.5 Å². The zero-order valence-electron chi connectivity index (χ0n) is 24.1. The number of carbonyl (C=O) groups excluding carboxylic acids is 1. The van der Waals surface area contributed by atoms with Crippen LogP contribution in [0, 0.1) is 13.8 Å². The monoisotopic (exact) mass is 543 g/mol. The van der Waals surface area contributed by atoms with Crippen LogP contribution in [-0.4, -0.2) is 54.0 Å². The molecule has 10 nitrogen and oxygen atoms in total. The van der Waals surface area contributed by atoms with Crippen molar-refractivity contribution in [2.75, 3.05) is 18.4 Å². The van der Waals surface area contributed by atoms with E-state index >= 15 is 0 Å². The lowest BCUT2D eigenvalue weighted by molar-refractivity contribution is 0.0185. The van der Waals surface area contributed by atoms with E-state index in [9.17, 15) is 9.59 Å². The molecule has 0 aliphatic carbocycles. The molecule has 0 spiro atoms. The number of likely N-dealkylation sites (tertiary alicyclic amines) is 1. The van der Waals surface area contributed by atoms with Crippen molar-refractivity contribution >= 4 is 28.6 Å². The first kappa shape index (κ1) is 27.4. The molecular formula is C30H37N7O3. The molecule has 5 rings (SSSR count). The second-order valence-corrected chi connectivity index (χ2v) is 11.4. The molecular weight excluding hydrogens is 506 g/mol. The summed E-state index contributed by atoms with van der Waals surface area (Å²) < 4.78 is 9.15. The number of amides is 1. The van der Waals surface area contributed by atoms with E-state index in [-0.39, 0.29) is 17.7 Å². The smallest absolute Gasteiger partial charge is 0.410 e. The number of aromatic nitrogens is 5. The Bertz CT molecular complexity index is 1590. The van der Waals surface area contributed by atoms with Crippen LogP contribution in [0.2, 0.25) is 0 Å². The molecule has 1 saturated heterocycles. The highest BCUT2D eigenvalue weighted by atomic mass is 16.6. The van der Waals surface area contributed by atoms with Gasteiger partial charge in [-0.15, -0.1) is 0 Å². The maximum Gasteiger partial charge on any atom is 0.410 e. The molecule has 1 aromatic carbocycles. The van der Waals surface area contributed by atoms with Gasteiger partial charge in [-0.3, -0.25) is 14.0 Å². The summed E-state index contributed by atoms with van der Waals surface area (Å²) in [6.07, 6.45) is 9.21. The minimum atomic E-state index is -0.504. The minimum absolute atomic E-state index is 0.137. The van der Waals surface area contributed by atoms with Gasteiger partial charge in [-0.1, -0.05) is 25.1 Å². The van der Waals surface area contributed by atoms with Crippen LogP contribution in [0.25, 0.3) is 16.6 Å². The first-order valence-electron chi connectivity index (χ1n) is 13.8. The Morgan fingerprint density at radius 2 is 1.80 bits per heavy atom. The van der Waals surface area contributed by atoms with Crippen LogP contribution in [-0.2, 0) is 11.2 Å². The Morgan fingerprint density at radius 1 is 1.10 bits per heavy atom. The maximum atomic E-state index is 13.5. The lowest BCUT2D eigenvalue weighted by Crippen LogP contribution is -2.42. The number of fused-ring (bicyclic) bond motifs is 1. The number of carbonyl (C=O) groups is 1. The number of hydrogen-bond donors (Lipinski definition) is 1. The van der Waals surface area contributed by atoms with Crippen molar-refractivity contribution < 1.29 is 9.53 Å². The molecule has 0 atom stereocenters. The SMILES string of the molecule is CCc1cn(-c2c(C)cccc2C)c(=O)c2cnc(Nc3cnn(C4CCN(C(=O)OC(C)(C)C)CC4)c3)nc12. The predicted octanol–water partition coefficient (Wildman–Crippen LogP) is 5.47. The number of piperidine rings is 1. The molecule has 0 radical (unpaired) electrons. The first-order chi connectivity index (χ1) is 19.0. The Labute approximate surface area is 234 Å². The van der Waals surface area contributed by atoms with Crippen LogP contribution in [0.5, 0.6) is 0 Å². The standard InChI is InChI=1S/C30H37N7O3/c1-7-21-17-36(26-19(2)9-8-10-20(26)3)27(38)24-16-31-28(34-25(21)24)33-22-15-32-37(18-22)23-11-13-35(14-12-23)29(39)40-30(4,5)6/h8-10,15-18,23H,7,11-14H2,1-6H3,(H,31,33,34). The van der Waals surface area contributed by atoms with Crippen molar-refractivity contribution in [1.29, 1.82) is 0 Å². The fraction of sp³-hybridized carbons (Fsp3) is 0.433. The molecule has 40 heavy (non-hydrogen) atoms. The molecule has 0 bridgehead atoms. The van der Waals surface area contributed by atoms with E-state index in [1.54, 1.807) is 21.9 Å². The average Bonchev–Trinajstić information content (AvgIpc) is 3.37. The highest BCUT2D eigenvalue weighted by Crippen LogP contribution is 2.26. The quantitative estimate of drug-likeness (QED) is 0.356. The first-order valence-corrected chi connectivity index (χ1v) is 13.8. The van der Waals surface area contributed by atoms with Crippen LogP contribution in [0.4, 0.5) is 16.4 Å². The fourth-order valence-electron chi connectivity index (χ4n) is 5.23. The lowest BCUT2D eigenvalue weighted by atomic mass is 10.1. The molecule has 4 aromatic rings. The Morgan fingerprint density at radius 3 is 2.45 bits per heavy atom. The Balaban J connectivity index is 1.33. The van der Waals surface area contributed by atoms with Crippen LogP contribution in [0.1, 0.15) is 63.3 Å². The molecule has 1 fully saturated rings. The second kappa shape index (κ2) is 10.7. The zero-order chi connectivity index (χ0) is 28.6. The molecule has 1 aliphatic heterocycles. The molecule has 1 amide bonds. The number of para-hydroxylation sites is 1. The van der Waals surface area contributed by atoms with E-state index in [0.29, 0.717) is 29.9 Å². The van der Waals surface area contributed by atoms with Crippen LogP contribution in [0.3, 0.4) is 0 Å². The van der Waals surface area contributed by atoms with Crippen molar-refractivity contribution in [3.63, 3.8) is 0 Å². The lowest BCUT2D eigenvalue weighted by Gasteiger charge is -2.33. The van der Waals surface area contributed by atoms with Gasteiger partial charge in [0.2, 0.25) is 5.95 Å². The topological polar surface area (TPSA) is 107 Å². The van der Waals surface area contributed by atoms with Gasteiger partial charge in [-0.25, -0.2) is 14.8 Å². The van der Waals surface area contributed by atoms with Crippen LogP contribution in [0.15, 0.2) is 47.8 Å². The predicted molar refractivity (Wildman–Crippen MR) is 156 cm³/mol. The van der Waals surface area contributed by atoms with Crippen molar-refractivity contribution in [3.8, 4) is 5.69 Å². The number of ether oxygens (including phenoxy) is 1. The largest absolute Gasteiger partial charge is 0.444 e. The normalized spacial score (nSPS) is 14.5. The second-order valence-electron chi connectivity index (χ2n) is 11.4. The third-order valence-electron chi connectivity index (χ3n) is 7.24. The highest BCUT2D eigenvalue weighted by molar-refractivity contribution is 5.82. The van der Waals surface area contributed by atoms with Crippen LogP contribution >= 0.6 is 0 Å². The molecule has 0 saturated carbocycles. The van der Waals surface area contributed by atoms with Gasteiger partial charge in [-0.2, -0.15) is 5.10 Å². The van der Waals surface area contributed by atoms with E-state index in [0.717, 1.165) is 47.3 Å². The van der Waals surface area contributed by atoms with Gasteiger partial charge in [0.25, 0.3) is 5.56 Å². The summed E-state index contributed by atoms with van der Waals surface area (Å²) in [6, 6.07) is 6.20. The summed E-state index contributed by atoms with van der Waals surface area (Å²) in [5, 5.41) is 8.28. The number of hydrogen-bond acceptors (Lipinski definition) is 7. The maximum absolute atomic E-state index is 13.5. The van der Waals surface area contributed by atoms with Crippen molar-refractivity contribution in [2.45, 2.75) is 72.4 Å². The Hall–Kier alpha value is -4.21. The molecule has 1 N–H and O–H groups in total. The summed E-state index contributed by atoms with van der Waals surface area (Å²) in [6.45, 7) is 12.9. The molecule has 3 aromatic heterocycles. The molecule has 1 aliphatic rings. The Kier molecular flexibility index (Phi) is 7.35. The molecule has 0 unspecified atom stereocenters. The van der Waals surface area contributed by atoms with Crippen molar-refractivity contribution in [1.82, 2.24) is 29.2 Å². The summed E-state index contributed by atoms with van der Waals surface area (Å²) in [4.78, 5) is 36.8. The van der Waals surface area contributed by atoms with Gasteiger partial charge in [0, 0.05) is 31.7 Å². The summed E-state index contributed by atoms with van der Waals surface area (Å²) in [5.41, 5.74) is 4.71. The number of anilines is 2. The molecule has 10 heteroatoms. The summed E-state index contributed by atoms with van der Waals surface area (Å²) in [5.74, 6) is 0.408. The number of nitrogens with zero attached hydrogens (tertiary/aromatic N) is 6. The van der Waals surface area contributed by atoms with Gasteiger partial charge in [0.1, 0.15) is 5.60 Å². The van der Waals surface area contributed by atoms with Crippen LogP contribution < -0.4 is 10.9 Å². The van der Waals surface area contributed by atoms with Gasteiger partial charge >= 0.3 is 6.09 Å². The third kappa shape index (κ3) is 5.57. The number of pyridine rings is 1. The van der Waals surface area contributed by atoms with E-state index in [1.165, 1.54) is 0 Å². The zero-order valence-corrected chi connectivity index (χ0v) is 24.1. The molecule has 210 valence electrons. The average molecular weight is 544 g/mol. The number of benzene rings is 1. The number of rotatable bonds is 5. The van der Waals surface area contributed by atoms with Crippen molar-refractivity contribution in [3.05, 3.63) is 70.0 Å². The van der Waals surface area contributed by atoms with E-state index < -0.39 is 5.60 Å². The number of nitrogens with one attached hydrogen (secondary N) is 1. The highest BCUT2D eigenvalue weighted by Gasteiger charge is 2.28. The molecule has 4 heterocycles. The van der Waals surface area contributed by atoms with Crippen molar-refractivity contribution in [2.24, 2.45) is 0 Å². The minimum Gasteiger partial charge on any atom is -0.444 e. The van der Waals surface area contributed by atoms with E-state index in [1.807, 2.05) is 69.9 Å². The third-order valence-corrected chi connectivity index (χ3v) is 7.24. The van der Waals surface area contributed by atoms with E-state index in [4.69, 9.17) is 9.72 Å². The van der Waals surface area contributed by atoms with E-state index in [2.05, 4.69) is 22.3 Å². The summed E-state index contributed by atoms with van der Waals surface area (Å²) in [7, 11) is 0. The fourth-order valence-corrected chi connectivity index (χ4v) is 5.23. The van der Waals surface area contributed by atoms with Gasteiger partial charge < -0.3 is 15.0 Å². The summed E-state index contributed by atoms with van der Waals surface area (Å²) >= 11 is 0. The van der Waals surface area contributed by atoms with Gasteiger partial charge in [0.15, 0.2) is 0 Å². The number of aryl methyl sites for hydroxylation is 3.